The lowest BCUT2D eigenvalue weighted by molar-refractivity contribution is 0.244. The van der Waals surface area contributed by atoms with Gasteiger partial charge in [-0.05, 0) is 50.3 Å². The molecule has 0 radical (unpaired) electrons. The summed E-state index contributed by atoms with van der Waals surface area (Å²) in [5.41, 5.74) is 7.73. The van der Waals surface area contributed by atoms with Crippen molar-refractivity contribution in [3.63, 3.8) is 0 Å². The van der Waals surface area contributed by atoms with Crippen LogP contribution in [0.2, 0.25) is 0 Å². The number of anilines is 2. The van der Waals surface area contributed by atoms with Gasteiger partial charge in [-0.3, -0.25) is 0 Å². The number of hydrogen-bond donors (Lipinski definition) is 2. The third kappa shape index (κ3) is 3.73. The highest BCUT2D eigenvalue weighted by Crippen LogP contribution is 2.28. The standard InChI is InChI=1S/C14H22N2OS/c1-10(2)17-14-9-12(3-4-13(14)15)16-11-5-7-18-8-6-11/h3-4,9-11,16H,5-8,15H2,1-2H3. The quantitative estimate of drug-likeness (QED) is 0.820. The molecule has 3 N–H and O–H groups in total. The number of nitrogens with one attached hydrogen (secondary N) is 1. The molecule has 1 aliphatic rings. The van der Waals surface area contributed by atoms with E-state index in [1.54, 1.807) is 0 Å². The summed E-state index contributed by atoms with van der Waals surface area (Å²) in [6, 6.07) is 6.54. The van der Waals surface area contributed by atoms with Gasteiger partial charge in [0.1, 0.15) is 5.75 Å². The van der Waals surface area contributed by atoms with Gasteiger partial charge < -0.3 is 15.8 Å². The average Bonchev–Trinajstić information content (AvgIpc) is 2.34. The minimum Gasteiger partial charge on any atom is -0.489 e. The summed E-state index contributed by atoms with van der Waals surface area (Å²) in [5.74, 6) is 3.28. The van der Waals surface area contributed by atoms with Crippen molar-refractivity contribution in [2.24, 2.45) is 0 Å². The van der Waals surface area contributed by atoms with Gasteiger partial charge in [0.2, 0.25) is 0 Å². The molecule has 0 aromatic heterocycles. The molecule has 0 aliphatic carbocycles. The Kier molecular flexibility index (Phi) is 4.64. The summed E-state index contributed by atoms with van der Waals surface area (Å²) in [6.07, 6.45) is 2.61. The molecule has 1 aliphatic heterocycles. The van der Waals surface area contributed by atoms with Crippen molar-refractivity contribution >= 4 is 23.1 Å². The van der Waals surface area contributed by atoms with Crippen molar-refractivity contribution in [2.75, 3.05) is 22.6 Å². The number of hydrogen-bond acceptors (Lipinski definition) is 4. The molecule has 18 heavy (non-hydrogen) atoms. The summed E-state index contributed by atoms with van der Waals surface area (Å²) < 4.78 is 5.71. The van der Waals surface area contributed by atoms with Crippen molar-refractivity contribution in [2.45, 2.75) is 38.8 Å². The highest BCUT2D eigenvalue weighted by Gasteiger charge is 2.14. The van der Waals surface area contributed by atoms with E-state index in [0.29, 0.717) is 11.7 Å². The van der Waals surface area contributed by atoms with Crippen molar-refractivity contribution in [1.82, 2.24) is 0 Å². The molecule has 3 nitrogen and oxygen atoms in total. The Bertz CT molecular complexity index is 389. The number of thioether (sulfide) groups is 1. The van der Waals surface area contributed by atoms with Gasteiger partial charge in [0.05, 0.1) is 11.8 Å². The van der Waals surface area contributed by atoms with Gasteiger partial charge in [-0.2, -0.15) is 11.8 Å². The van der Waals surface area contributed by atoms with Crippen molar-refractivity contribution in [3.05, 3.63) is 18.2 Å². The third-order valence-corrected chi connectivity index (χ3v) is 4.02. The van der Waals surface area contributed by atoms with Crippen molar-refractivity contribution in [3.8, 4) is 5.75 Å². The highest BCUT2D eigenvalue weighted by atomic mass is 32.2. The minimum absolute atomic E-state index is 0.147. The second kappa shape index (κ2) is 6.23. The predicted molar refractivity (Wildman–Crippen MR) is 80.6 cm³/mol. The molecule has 4 heteroatoms. The van der Waals surface area contributed by atoms with E-state index in [0.717, 1.165) is 11.4 Å². The van der Waals surface area contributed by atoms with Gasteiger partial charge in [-0.1, -0.05) is 0 Å². The molecular weight excluding hydrogens is 244 g/mol. The van der Waals surface area contributed by atoms with Gasteiger partial charge in [-0.25, -0.2) is 0 Å². The molecule has 1 saturated heterocycles. The van der Waals surface area contributed by atoms with Crippen molar-refractivity contribution in [1.29, 1.82) is 0 Å². The topological polar surface area (TPSA) is 47.3 Å². The molecule has 1 heterocycles. The average molecular weight is 266 g/mol. The molecule has 0 amide bonds. The molecule has 100 valence electrons. The van der Waals surface area contributed by atoms with Gasteiger partial charge in [0.15, 0.2) is 0 Å². The maximum Gasteiger partial charge on any atom is 0.144 e. The molecular formula is C14H22N2OS. The van der Waals surface area contributed by atoms with Crippen LogP contribution in [0, 0.1) is 0 Å². The van der Waals surface area contributed by atoms with E-state index in [9.17, 15) is 0 Å². The molecule has 2 rings (SSSR count). The van der Waals surface area contributed by atoms with Gasteiger partial charge in [0, 0.05) is 17.8 Å². The largest absolute Gasteiger partial charge is 0.489 e. The molecule has 1 aromatic rings. The Morgan fingerprint density at radius 2 is 2.06 bits per heavy atom. The zero-order valence-electron chi connectivity index (χ0n) is 11.1. The van der Waals surface area contributed by atoms with E-state index in [1.807, 2.05) is 43.8 Å². The molecule has 1 aromatic carbocycles. The highest BCUT2D eigenvalue weighted by molar-refractivity contribution is 7.99. The lowest BCUT2D eigenvalue weighted by Crippen LogP contribution is -2.24. The Labute approximate surface area is 113 Å². The number of rotatable bonds is 4. The summed E-state index contributed by atoms with van der Waals surface area (Å²) in [5, 5.41) is 3.57. The molecule has 0 atom stereocenters. The second-order valence-corrected chi connectivity index (χ2v) is 6.17. The van der Waals surface area contributed by atoms with Gasteiger partial charge >= 0.3 is 0 Å². The van der Waals surface area contributed by atoms with E-state index < -0.39 is 0 Å². The van der Waals surface area contributed by atoms with Crippen LogP contribution in [0.5, 0.6) is 5.75 Å². The first-order chi connectivity index (χ1) is 8.65. The first kappa shape index (κ1) is 13.4. The monoisotopic (exact) mass is 266 g/mol. The molecule has 0 spiro atoms. The fourth-order valence-corrected chi connectivity index (χ4v) is 3.16. The Morgan fingerprint density at radius 1 is 1.33 bits per heavy atom. The number of nitrogens with two attached hydrogens (primary N) is 1. The molecule has 1 fully saturated rings. The maximum absolute atomic E-state index is 5.91. The van der Waals surface area contributed by atoms with Gasteiger partial charge in [0.25, 0.3) is 0 Å². The zero-order valence-corrected chi connectivity index (χ0v) is 11.9. The SMILES string of the molecule is CC(C)Oc1cc(NC2CCSCC2)ccc1N. The number of benzene rings is 1. The lowest BCUT2D eigenvalue weighted by atomic mass is 10.1. The van der Waals surface area contributed by atoms with Crippen LogP contribution in [0.1, 0.15) is 26.7 Å². The lowest BCUT2D eigenvalue weighted by Gasteiger charge is -2.24. The van der Waals surface area contributed by atoms with Crippen LogP contribution >= 0.6 is 11.8 Å². The maximum atomic E-state index is 5.91. The smallest absolute Gasteiger partial charge is 0.144 e. The van der Waals surface area contributed by atoms with Crippen LogP contribution in [-0.2, 0) is 0 Å². The van der Waals surface area contributed by atoms with E-state index in [4.69, 9.17) is 10.5 Å². The van der Waals surface area contributed by atoms with Crippen LogP contribution in [0.3, 0.4) is 0 Å². The van der Waals surface area contributed by atoms with E-state index in [1.165, 1.54) is 24.3 Å². The summed E-state index contributed by atoms with van der Waals surface area (Å²) in [4.78, 5) is 0. The Morgan fingerprint density at radius 3 is 2.72 bits per heavy atom. The molecule has 0 saturated carbocycles. The van der Waals surface area contributed by atoms with Crippen LogP contribution in [0.25, 0.3) is 0 Å². The normalized spacial score (nSPS) is 16.8. The molecule has 0 bridgehead atoms. The van der Waals surface area contributed by atoms with E-state index in [-0.39, 0.29) is 6.10 Å². The van der Waals surface area contributed by atoms with Crippen LogP contribution in [-0.4, -0.2) is 23.7 Å². The Hall–Kier alpha value is -1.03. The van der Waals surface area contributed by atoms with E-state index in [2.05, 4.69) is 5.32 Å². The van der Waals surface area contributed by atoms with Gasteiger partial charge in [-0.15, -0.1) is 0 Å². The number of nitrogen functional groups attached to an aromatic ring is 1. The first-order valence-corrected chi connectivity index (χ1v) is 7.71. The first-order valence-electron chi connectivity index (χ1n) is 6.55. The minimum atomic E-state index is 0.147. The second-order valence-electron chi connectivity index (χ2n) is 4.95. The third-order valence-electron chi connectivity index (χ3n) is 2.97. The zero-order chi connectivity index (χ0) is 13.0. The predicted octanol–water partition coefficient (Wildman–Crippen LogP) is 3.36. The summed E-state index contributed by atoms with van der Waals surface area (Å²) in [6.45, 7) is 4.02. The van der Waals surface area contributed by atoms with Crippen molar-refractivity contribution < 1.29 is 4.74 Å². The van der Waals surface area contributed by atoms with Crippen LogP contribution in [0.15, 0.2) is 18.2 Å². The van der Waals surface area contributed by atoms with E-state index >= 15 is 0 Å². The molecule has 0 unspecified atom stereocenters. The van der Waals surface area contributed by atoms with Crippen LogP contribution < -0.4 is 15.8 Å². The number of ether oxygens (including phenoxy) is 1. The Balaban J connectivity index is 2.03. The fourth-order valence-electron chi connectivity index (χ4n) is 2.06. The fraction of sp³-hybridized carbons (Fsp3) is 0.571. The summed E-state index contributed by atoms with van der Waals surface area (Å²) >= 11 is 2.04. The summed E-state index contributed by atoms with van der Waals surface area (Å²) in [7, 11) is 0. The van der Waals surface area contributed by atoms with Crippen LogP contribution in [0.4, 0.5) is 11.4 Å².